The number of nitrogens with zero attached hydrogens (tertiary/aromatic N) is 2. The number of piperidine rings is 1. The summed E-state index contributed by atoms with van der Waals surface area (Å²) < 4.78 is 6.43. The quantitative estimate of drug-likeness (QED) is 0.318. The topological polar surface area (TPSA) is 45.8 Å². The Bertz CT molecular complexity index is 1350. The smallest absolute Gasteiger partial charge is 0.200 e. The van der Waals surface area contributed by atoms with Crippen LogP contribution in [0, 0.1) is 12.3 Å². The summed E-state index contributed by atoms with van der Waals surface area (Å²) in [5.74, 6) is 0.634. The average molecular weight is 451 g/mol. The molecule has 4 aromatic rings. The third-order valence-corrected chi connectivity index (χ3v) is 6.70. The van der Waals surface area contributed by atoms with Gasteiger partial charge in [0.05, 0.1) is 11.1 Å². The molecule has 0 unspecified atom stereocenters. The number of benzene rings is 3. The number of aryl methyl sites for hydroxylation is 1. The van der Waals surface area contributed by atoms with Crippen molar-refractivity contribution < 1.29 is 4.42 Å². The first-order valence-corrected chi connectivity index (χ1v) is 11.9. The van der Waals surface area contributed by atoms with Gasteiger partial charge in [-0.15, -0.1) is 0 Å². The Balaban J connectivity index is 1.68. The molecule has 0 amide bonds. The molecule has 5 rings (SSSR count). The maximum atomic E-state index is 13.2. The second-order valence-electron chi connectivity index (χ2n) is 9.95. The molecule has 0 spiro atoms. The molecule has 1 saturated heterocycles. The van der Waals surface area contributed by atoms with E-state index in [0.717, 1.165) is 48.3 Å². The molecule has 172 valence electrons. The zero-order valence-corrected chi connectivity index (χ0v) is 20.0. The van der Waals surface area contributed by atoms with E-state index in [2.05, 4.69) is 43.0 Å². The predicted octanol–water partition coefficient (Wildman–Crippen LogP) is 6.90. The second-order valence-corrected chi connectivity index (χ2v) is 9.95. The van der Waals surface area contributed by atoms with Crippen molar-refractivity contribution in [1.82, 2.24) is 0 Å². The number of fused-ring (bicyclic) bond motifs is 1. The van der Waals surface area contributed by atoms with Gasteiger partial charge in [-0.25, -0.2) is 4.99 Å². The van der Waals surface area contributed by atoms with E-state index in [0.29, 0.717) is 28.0 Å². The maximum Gasteiger partial charge on any atom is 0.200 e. The molecular weight excluding hydrogens is 420 g/mol. The standard InChI is InChI=1S/C30H30N2O2/c1-21-18-24-26(33)20-27(32-16-14-30(2,3)15-17-32)34-29(24)25(19-21)31-28(22-10-6-4-7-11-22)23-12-8-5-9-13-23/h4-13,18-20H,14-17H2,1-3H3. The number of hydrogen-bond acceptors (Lipinski definition) is 4. The Kier molecular flexibility index (Phi) is 5.82. The van der Waals surface area contributed by atoms with Crippen molar-refractivity contribution in [2.24, 2.45) is 10.4 Å². The van der Waals surface area contributed by atoms with Crippen LogP contribution >= 0.6 is 0 Å². The molecule has 0 radical (unpaired) electrons. The molecule has 0 bridgehead atoms. The summed E-state index contributed by atoms with van der Waals surface area (Å²) in [4.78, 5) is 20.5. The molecule has 0 N–H and O–H groups in total. The molecule has 0 saturated carbocycles. The minimum absolute atomic E-state index is 0.0257. The van der Waals surface area contributed by atoms with Crippen LogP contribution in [0.3, 0.4) is 0 Å². The Morgan fingerprint density at radius 2 is 1.47 bits per heavy atom. The molecule has 1 aliphatic rings. The third kappa shape index (κ3) is 4.54. The van der Waals surface area contributed by atoms with Gasteiger partial charge in [0.2, 0.25) is 0 Å². The van der Waals surface area contributed by atoms with Crippen LogP contribution in [0.25, 0.3) is 11.0 Å². The lowest BCUT2D eigenvalue weighted by Crippen LogP contribution is -2.37. The Morgan fingerprint density at radius 1 is 0.882 bits per heavy atom. The van der Waals surface area contributed by atoms with E-state index in [4.69, 9.17) is 9.41 Å². The summed E-state index contributed by atoms with van der Waals surface area (Å²) in [5.41, 5.74) is 5.37. The van der Waals surface area contributed by atoms with Gasteiger partial charge in [-0.2, -0.15) is 0 Å². The number of anilines is 1. The zero-order valence-electron chi connectivity index (χ0n) is 20.0. The van der Waals surface area contributed by atoms with Crippen LogP contribution in [0.15, 0.2) is 93.1 Å². The van der Waals surface area contributed by atoms with Gasteiger partial charge < -0.3 is 9.32 Å². The normalized spacial score (nSPS) is 15.3. The van der Waals surface area contributed by atoms with Crippen LogP contribution in [-0.4, -0.2) is 18.8 Å². The molecule has 0 aliphatic carbocycles. The van der Waals surface area contributed by atoms with Gasteiger partial charge >= 0.3 is 0 Å². The van der Waals surface area contributed by atoms with E-state index in [-0.39, 0.29) is 5.43 Å². The van der Waals surface area contributed by atoms with Gasteiger partial charge in [-0.3, -0.25) is 4.79 Å². The molecule has 2 heterocycles. The van der Waals surface area contributed by atoms with Gasteiger partial charge in [-0.1, -0.05) is 74.5 Å². The summed E-state index contributed by atoms with van der Waals surface area (Å²) in [5, 5.41) is 0.570. The highest BCUT2D eigenvalue weighted by Gasteiger charge is 2.27. The largest absolute Gasteiger partial charge is 0.438 e. The average Bonchev–Trinajstić information content (AvgIpc) is 2.84. The van der Waals surface area contributed by atoms with E-state index in [1.54, 1.807) is 6.07 Å². The van der Waals surface area contributed by atoms with Gasteiger partial charge in [0.1, 0.15) is 5.69 Å². The van der Waals surface area contributed by atoms with E-state index >= 15 is 0 Å². The van der Waals surface area contributed by atoms with Crippen LogP contribution in [-0.2, 0) is 0 Å². The predicted molar refractivity (Wildman–Crippen MR) is 141 cm³/mol. The van der Waals surface area contributed by atoms with E-state index in [1.165, 1.54) is 0 Å². The highest BCUT2D eigenvalue weighted by molar-refractivity contribution is 6.14. The van der Waals surface area contributed by atoms with E-state index in [1.807, 2.05) is 55.5 Å². The SMILES string of the molecule is Cc1cc(N=C(c2ccccc2)c2ccccc2)c2oc(N3CCC(C)(C)CC3)cc(=O)c2c1. The lowest BCUT2D eigenvalue weighted by molar-refractivity contribution is 0.274. The molecular formula is C30H30N2O2. The van der Waals surface area contributed by atoms with Crippen molar-refractivity contribution in [1.29, 1.82) is 0 Å². The molecule has 4 nitrogen and oxygen atoms in total. The van der Waals surface area contributed by atoms with Crippen LogP contribution < -0.4 is 10.3 Å². The molecule has 34 heavy (non-hydrogen) atoms. The summed E-state index contributed by atoms with van der Waals surface area (Å²) in [6.07, 6.45) is 2.14. The van der Waals surface area contributed by atoms with Gasteiger partial charge in [0.25, 0.3) is 0 Å². The van der Waals surface area contributed by atoms with Crippen molar-refractivity contribution >= 4 is 28.3 Å². The highest BCUT2D eigenvalue weighted by atomic mass is 16.4. The van der Waals surface area contributed by atoms with Crippen molar-refractivity contribution in [3.63, 3.8) is 0 Å². The van der Waals surface area contributed by atoms with Gasteiger partial charge in [-0.05, 0) is 42.9 Å². The van der Waals surface area contributed by atoms with Gasteiger partial charge in [0, 0.05) is 30.3 Å². The Labute approximate surface area is 200 Å². The first-order chi connectivity index (χ1) is 16.4. The second kappa shape index (κ2) is 8.94. The first-order valence-electron chi connectivity index (χ1n) is 11.9. The fraction of sp³-hybridized carbons (Fsp3) is 0.267. The van der Waals surface area contributed by atoms with Crippen molar-refractivity contribution in [3.8, 4) is 0 Å². The van der Waals surface area contributed by atoms with Crippen molar-refractivity contribution in [2.45, 2.75) is 33.6 Å². The maximum absolute atomic E-state index is 13.2. The first kappa shape index (κ1) is 22.1. The molecule has 4 heteroatoms. The van der Waals surface area contributed by atoms with Crippen LogP contribution in [0.4, 0.5) is 11.6 Å². The molecule has 0 atom stereocenters. The third-order valence-electron chi connectivity index (χ3n) is 6.70. The molecule has 1 aliphatic heterocycles. The molecule has 1 fully saturated rings. The number of rotatable bonds is 4. The molecule has 1 aromatic heterocycles. The Hall–Kier alpha value is -3.66. The summed E-state index contributed by atoms with van der Waals surface area (Å²) in [6, 6.07) is 25.8. The van der Waals surface area contributed by atoms with Crippen LogP contribution in [0.5, 0.6) is 0 Å². The zero-order chi connectivity index (χ0) is 23.7. The van der Waals surface area contributed by atoms with E-state index in [9.17, 15) is 4.79 Å². The lowest BCUT2D eigenvalue weighted by Gasteiger charge is -2.37. The van der Waals surface area contributed by atoms with Crippen LogP contribution in [0.1, 0.15) is 43.4 Å². The fourth-order valence-corrected chi connectivity index (χ4v) is 4.55. The van der Waals surface area contributed by atoms with Crippen LogP contribution in [0.2, 0.25) is 0 Å². The Morgan fingerprint density at radius 3 is 2.06 bits per heavy atom. The summed E-state index contributed by atoms with van der Waals surface area (Å²) >= 11 is 0. The fourth-order valence-electron chi connectivity index (χ4n) is 4.55. The van der Waals surface area contributed by atoms with E-state index < -0.39 is 0 Å². The molecule has 3 aromatic carbocycles. The number of hydrogen-bond donors (Lipinski definition) is 0. The highest BCUT2D eigenvalue weighted by Crippen LogP contribution is 2.35. The minimum atomic E-state index is -0.0257. The lowest BCUT2D eigenvalue weighted by atomic mass is 9.83. The summed E-state index contributed by atoms with van der Waals surface area (Å²) in [7, 11) is 0. The van der Waals surface area contributed by atoms with Gasteiger partial charge in [0.15, 0.2) is 16.9 Å². The van der Waals surface area contributed by atoms with Crippen molar-refractivity contribution in [2.75, 3.05) is 18.0 Å². The number of aliphatic imine (C=N–C) groups is 1. The monoisotopic (exact) mass is 450 g/mol. The summed E-state index contributed by atoms with van der Waals surface area (Å²) in [6.45, 7) is 8.34. The minimum Gasteiger partial charge on any atom is -0.438 e. The van der Waals surface area contributed by atoms with Crippen molar-refractivity contribution in [3.05, 3.63) is 106 Å².